The Morgan fingerprint density at radius 1 is 1.00 bits per heavy atom. The highest BCUT2D eigenvalue weighted by Gasteiger charge is 2.24. The van der Waals surface area contributed by atoms with E-state index in [0.717, 1.165) is 38.2 Å². The van der Waals surface area contributed by atoms with Crippen molar-refractivity contribution in [3.63, 3.8) is 0 Å². The van der Waals surface area contributed by atoms with Crippen LogP contribution in [0.2, 0.25) is 0 Å². The molecule has 0 amide bonds. The molecule has 2 atom stereocenters. The fourth-order valence-corrected chi connectivity index (χ4v) is 4.83. The zero-order valence-electron chi connectivity index (χ0n) is 17.6. The van der Waals surface area contributed by atoms with Crippen molar-refractivity contribution in [3.05, 3.63) is 83.9 Å². The number of thiophene rings is 1. The molecule has 4 N–H and O–H groups in total. The van der Waals surface area contributed by atoms with Crippen LogP contribution in [0.1, 0.15) is 17.3 Å². The zero-order valence-corrected chi connectivity index (χ0v) is 18.4. The molecular weight excluding hydrogens is 418 g/mol. The van der Waals surface area contributed by atoms with Gasteiger partial charge >= 0.3 is 0 Å². The molecule has 0 saturated heterocycles. The third-order valence-corrected chi connectivity index (χ3v) is 6.48. The lowest BCUT2D eigenvalue weighted by Gasteiger charge is -2.21. The van der Waals surface area contributed by atoms with Crippen LogP contribution >= 0.6 is 11.3 Å². The van der Waals surface area contributed by atoms with Gasteiger partial charge in [-0.2, -0.15) is 5.10 Å². The molecule has 0 aliphatic carbocycles. The van der Waals surface area contributed by atoms with Crippen molar-refractivity contribution in [2.45, 2.75) is 18.5 Å². The Labute approximate surface area is 189 Å². The van der Waals surface area contributed by atoms with Gasteiger partial charge in [-0.1, -0.05) is 30.3 Å². The van der Waals surface area contributed by atoms with E-state index in [2.05, 4.69) is 27.6 Å². The number of hydrogen-bond donors (Lipinski definition) is 2. The van der Waals surface area contributed by atoms with Gasteiger partial charge in [0, 0.05) is 53.8 Å². The minimum Gasteiger partial charge on any atom is -0.326 e. The summed E-state index contributed by atoms with van der Waals surface area (Å²) in [6.45, 7) is 0. The molecule has 7 nitrogen and oxygen atoms in total. The van der Waals surface area contributed by atoms with Crippen LogP contribution in [0.3, 0.4) is 0 Å². The van der Waals surface area contributed by atoms with E-state index in [4.69, 9.17) is 21.4 Å². The Bertz CT molecular complexity index is 1350. The first-order chi connectivity index (χ1) is 15.6. The fraction of sp³-hybridized carbons (Fsp3) is 0.167. The SMILES string of the molecule is Cn1cc(-c2csc3c(C(N)C(N)Cc4ccccc4)nc(-c4ccncc4)nc23)cn1. The van der Waals surface area contributed by atoms with Crippen LogP contribution < -0.4 is 11.5 Å². The number of aryl methyl sites for hydroxylation is 1. The molecule has 0 bridgehead atoms. The Kier molecular flexibility index (Phi) is 5.48. The number of benzene rings is 1. The van der Waals surface area contributed by atoms with Crippen LogP contribution in [0.15, 0.2) is 72.6 Å². The summed E-state index contributed by atoms with van der Waals surface area (Å²) in [5.41, 5.74) is 19.0. The molecule has 4 heterocycles. The van der Waals surface area contributed by atoms with Crippen molar-refractivity contribution < 1.29 is 0 Å². The minimum absolute atomic E-state index is 0.287. The molecule has 0 fully saturated rings. The molecule has 0 aliphatic rings. The maximum atomic E-state index is 6.71. The molecule has 5 rings (SSSR count). The second-order valence-corrected chi connectivity index (χ2v) is 8.66. The molecule has 0 saturated carbocycles. The van der Waals surface area contributed by atoms with E-state index in [1.54, 1.807) is 28.4 Å². The maximum Gasteiger partial charge on any atom is 0.160 e. The fourth-order valence-electron chi connectivity index (χ4n) is 3.78. The highest BCUT2D eigenvalue weighted by atomic mass is 32.1. The third kappa shape index (κ3) is 3.91. The van der Waals surface area contributed by atoms with E-state index in [0.29, 0.717) is 12.2 Å². The van der Waals surface area contributed by atoms with Gasteiger partial charge in [-0.05, 0) is 24.1 Å². The van der Waals surface area contributed by atoms with Crippen molar-refractivity contribution in [2.75, 3.05) is 0 Å². The van der Waals surface area contributed by atoms with E-state index in [1.165, 1.54) is 0 Å². The largest absolute Gasteiger partial charge is 0.326 e. The maximum absolute atomic E-state index is 6.71. The molecule has 5 aromatic rings. The molecule has 32 heavy (non-hydrogen) atoms. The standard InChI is InChI=1S/C24H23N7S/c1-31-13-17(12-28-31)18-14-32-23-21(18)29-24(16-7-9-27-10-8-16)30-22(23)20(26)19(25)11-15-5-3-2-4-6-15/h2-10,12-14,19-20H,11,25-26H2,1H3. The van der Waals surface area contributed by atoms with Gasteiger partial charge in [-0.25, -0.2) is 9.97 Å². The van der Waals surface area contributed by atoms with Gasteiger partial charge in [0.15, 0.2) is 5.82 Å². The zero-order chi connectivity index (χ0) is 22.1. The van der Waals surface area contributed by atoms with E-state index in [-0.39, 0.29) is 6.04 Å². The van der Waals surface area contributed by atoms with Gasteiger partial charge < -0.3 is 11.5 Å². The van der Waals surface area contributed by atoms with E-state index < -0.39 is 6.04 Å². The van der Waals surface area contributed by atoms with Crippen LogP contribution in [-0.4, -0.2) is 30.8 Å². The molecule has 2 unspecified atom stereocenters. The monoisotopic (exact) mass is 441 g/mol. The lowest BCUT2D eigenvalue weighted by atomic mass is 9.97. The van der Waals surface area contributed by atoms with Gasteiger partial charge in [0.25, 0.3) is 0 Å². The molecule has 0 aliphatic heterocycles. The van der Waals surface area contributed by atoms with Crippen molar-refractivity contribution in [1.29, 1.82) is 0 Å². The van der Waals surface area contributed by atoms with Crippen LogP contribution in [0.25, 0.3) is 32.7 Å². The smallest absolute Gasteiger partial charge is 0.160 e. The van der Waals surface area contributed by atoms with Crippen molar-refractivity contribution in [2.24, 2.45) is 18.5 Å². The number of pyridine rings is 1. The van der Waals surface area contributed by atoms with Crippen LogP contribution in [0.4, 0.5) is 0 Å². The summed E-state index contributed by atoms with van der Waals surface area (Å²) < 4.78 is 2.74. The quantitative estimate of drug-likeness (QED) is 0.416. The van der Waals surface area contributed by atoms with Crippen molar-refractivity contribution >= 4 is 21.6 Å². The van der Waals surface area contributed by atoms with Crippen molar-refractivity contribution in [1.82, 2.24) is 24.7 Å². The van der Waals surface area contributed by atoms with Crippen molar-refractivity contribution in [3.8, 4) is 22.5 Å². The summed E-state index contributed by atoms with van der Waals surface area (Å²) in [6.07, 6.45) is 7.96. The number of aromatic nitrogens is 5. The molecule has 0 radical (unpaired) electrons. The topological polar surface area (TPSA) is 109 Å². The summed E-state index contributed by atoms with van der Waals surface area (Å²) in [7, 11) is 1.90. The first-order valence-electron chi connectivity index (χ1n) is 10.3. The average molecular weight is 442 g/mol. The predicted molar refractivity (Wildman–Crippen MR) is 128 cm³/mol. The van der Waals surface area contributed by atoms with Crippen LogP contribution in [0, 0.1) is 0 Å². The number of nitrogens with zero attached hydrogens (tertiary/aromatic N) is 5. The van der Waals surface area contributed by atoms with Gasteiger partial charge in [-0.3, -0.25) is 9.67 Å². The predicted octanol–water partition coefficient (Wildman–Crippen LogP) is 3.72. The first-order valence-corrected chi connectivity index (χ1v) is 11.2. The van der Waals surface area contributed by atoms with E-state index in [1.807, 2.05) is 49.8 Å². The third-order valence-electron chi connectivity index (χ3n) is 5.49. The lowest BCUT2D eigenvalue weighted by Crippen LogP contribution is -2.36. The Balaban J connectivity index is 1.63. The van der Waals surface area contributed by atoms with Gasteiger partial charge in [0.05, 0.1) is 28.1 Å². The summed E-state index contributed by atoms with van der Waals surface area (Å²) in [6, 6.07) is 13.2. The molecular formula is C24H23N7S. The summed E-state index contributed by atoms with van der Waals surface area (Å²) in [5, 5.41) is 6.41. The molecule has 8 heteroatoms. The Hall–Kier alpha value is -3.46. The summed E-state index contributed by atoms with van der Waals surface area (Å²) in [4.78, 5) is 13.9. The normalized spacial score (nSPS) is 13.3. The second-order valence-electron chi connectivity index (χ2n) is 7.78. The second kappa shape index (κ2) is 8.58. The average Bonchev–Trinajstić information content (AvgIpc) is 3.45. The summed E-state index contributed by atoms with van der Waals surface area (Å²) >= 11 is 1.59. The number of nitrogens with two attached hydrogens (primary N) is 2. The molecule has 160 valence electrons. The molecule has 0 spiro atoms. The number of hydrogen-bond acceptors (Lipinski definition) is 7. The van der Waals surface area contributed by atoms with Crippen LogP contribution in [-0.2, 0) is 13.5 Å². The number of rotatable bonds is 6. The highest BCUT2D eigenvalue weighted by molar-refractivity contribution is 7.17. The molecule has 1 aromatic carbocycles. The van der Waals surface area contributed by atoms with E-state index in [9.17, 15) is 0 Å². The van der Waals surface area contributed by atoms with Gasteiger partial charge in [-0.15, -0.1) is 11.3 Å². The Morgan fingerprint density at radius 3 is 2.50 bits per heavy atom. The number of fused-ring (bicyclic) bond motifs is 1. The highest BCUT2D eigenvalue weighted by Crippen LogP contribution is 2.37. The first kappa shape index (κ1) is 20.4. The van der Waals surface area contributed by atoms with Crippen LogP contribution in [0.5, 0.6) is 0 Å². The van der Waals surface area contributed by atoms with E-state index >= 15 is 0 Å². The lowest BCUT2D eigenvalue weighted by molar-refractivity contribution is 0.537. The Morgan fingerprint density at radius 2 is 1.78 bits per heavy atom. The summed E-state index contributed by atoms with van der Waals surface area (Å²) in [5.74, 6) is 0.612. The molecule has 4 aromatic heterocycles. The minimum atomic E-state index is -0.443. The van der Waals surface area contributed by atoms with Gasteiger partial charge in [0.2, 0.25) is 0 Å². The van der Waals surface area contributed by atoms with Gasteiger partial charge in [0.1, 0.15) is 0 Å².